The molecular formula is C13H19NO2. The summed E-state index contributed by atoms with van der Waals surface area (Å²) in [4.78, 5) is 12.4. The molecule has 16 heavy (non-hydrogen) atoms. The average Bonchev–Trinajstić information content (AvgIpc) is 2.32. The Kier molecular flexibility index (Phi) is 5.40. The van der Waals surface area contributed by atoms with E-state index in [-0.39, 0.29) is 0 Å². The Morgan fingerprint density at radius 3 is 2.69 bits per heavy atom. The van der Waals surface area contributed by atoms with Gasteiger partial charge in [-0.1, -0.05) is 6.07 Å². The van der Waals surface area contributed by atoms with E-state index in [4.69, 9.17) is 4.74 Å². The largest absolute Gasteiger partial charge is 0.493 e. The van der Waals surface area contributed by atoms with Crippen LogP contribution in [0, 0.1) is 0 Å². The van der Waals surface area contributed by atoms with Gasteiger partial charge in [-0.2, -0.15) is 0 Å². The number of rotatable bonds is 7. The summed E-state index contributed by atoms with van der Waals surface area (Å²) in [5, 5.41) is 0. The highest BCUT2D eigenvalue weighted by atomic mass is 16.5. The first kappa shape index (κ1) is 12.6. The monoisotopic (exact) mass is 221 g/mol. The molecule has 0 aliphatic carbocycles. The van der Waals surface area contributed by atoms with Crippen molar-refractivity contribution < 1.29 is 9.53 Å². The number of hydrogen-bond donors (Lipinski definition) is 0. The van der Waals surface area contributed by atoms with Crippen molar-refractivity contribution in [1.29, 1.82) is 0 Å². The zero-order chi connectivity index (χ0) is 11.8. The lowest BCUT2D eigenvalue weighted by Gasteiger charge is -2.21. The van der Waals surface area contributed by atoms with Gasteiger partial charge in [0, 0.05) is 31.3 Å². The summed E-state index contributed by atoms with van der Waals surface area (Å²) < 4.78 is 5.47. The molecule has 0 heterocycles. The minimum absolute atomic E-state index is 0.440. The van der Waals surface area contributed by atoms with Gasteiger partial charge in [-0.05, 0) is 26.0 Å². The van der Waals surface area contributed by atoms with Gasteiger partial charge >= 0.3 is 0 Å². The standard InChI is InChI=1S/C13H19NO2/c1-3-14(4-2)12-7-5-8-13(11-12)16-10-6-9-15/h5,7-9,11H,3-4,6,10H2,1-2H3. The molecule has 88 valence electrons. The highest BCUT2D eigenvalue weighted by Crippen LogP contribution is 2.20. The molecule has 1 aromatic carbocycles. The van der Waals surface area contributed by atoms with Gasteiger partial charge in [0.2, 0.25) is 0 Å². The number of ether oxygens (including phenoxy) is 1. The fraction of sp³-hybridized carbons (Fsp3) is 0.462. The Hall–Kier alpha value is -1.51. The van der Waals surface area contributed by atoms with Gasteiger partial charge in [-0.3, -0.25) is 0 Å². The molecule has 0 aromatic heterocycles. The van der Waals surface area contributed by atoms with Crippen LogP contribution in [0.1, 0.15) is 20.3 Å². The van der Waals surface area contributed by atoms with Crippen molar-refractivity contribution in [2.24, 2.45) is 0 Å². The van der Waals surface area contributed by atoms with E-state index in [9.17, 15) is 4.79 Å². The highest BCUT2D eigenvalue weighted by Gasteiger charge is 2.02. The average molecular weight is 221 g/mol. The summed E-state index contributed by atoms with van der Waals surface area (Å²) in [7, 11) is 0. The number of carbonyl (C=O) groups is 1. The van der Waals surface area contributed by atoms with E-state index in [2.05, 4.69) is 24.8 Å². The lowest BCUT2D eigenvalue weighted by atomic mass is 10.2. The Balaban J connectivity index is 2.66. The zero-order valence-electron chi connectivity index (χ0n) is 9.98. The van der Waals surface area contributed by atoms with E-state index < -0.39 is 0 Å². The summed E-state index contributed by atoms with van der Waals surface area (Å²) in [6, 6.07) is 7.97. The zero-order valence-corrected chi connectivity index (χ0v) is 9.98. The van der Waals surface area contributed by atoms with Crippen LogP contribution in [-0.4, -0.2) is 26.0 Å². The predicted octanol–water partition coefficient (Wildman–Crippen LogP) is 2.50. The van der Waals surface area contributed by atoms with Gasteiger partial charge < -0.3 is 14.4 Å². The van der Waals surface area contributed by atoms with Gasteiger partial charge in [0.05, 0.1) is 6.61 Å². The van der Waals surface area contributed by atoms with Gasteiger partial charge in [-0.25, -0.2) is 0 Å². The molecule has 0 saturated heterocycles. The molecule has 1 aromatic rings. The molecule has 0 bridgehead atoms. The van der Waals surface area contributed by atoms with Crippen molar-refractivity contribution >= 4 is 12.0 Å². The van der Waals surface area contributed by atoms with Crippen molar-refractivity contribution in [1.82, 2.24) is 0 Å². The first-order chi connectivity index (χ1) is 7.81. The first-order valence-corrected chi connectivity index (χ1v) is 5.73. The Bertz CT molecular complexity index is 321. The minimum atomic E-state index is 0.440. The molecule has 0 unspecified atom stereocenters. The molecule has 3 heteroatoms. The molecule has 1 rings (SSSR count). The van der Waals surface area contributed by atoms with Crippen molar-refractivity contribution in [2.45, 2.75) is 20.3 Å². The van der Waals surface area contributed by atoms with E-state index in [0.717, 1.165) is 30.8 Å². The van der Waals surface area contributed by atoms with Crippen molar-refractivity contribution in [3.05, 3.63) is 24.3 Å². The van der Waals surface area contributed by atoms with Crippen LogP contribution in [0.5, 0.6) is 5.75 Å². The van der Waals surface area contributed by atoms with Crippen LogP contribution in [0.3, 0.4) is 0 Å². The van der Waals surface area contributed by atoms with Crippen LogP contribution in [0.25, 0.3) is 0 Å². The maximum atomic E-state index is 10.2. The van der Waals surface area contributed by atoms with Gasteiger partial charge in [-0.15, -0.1) is 0 Å². The van der Waals surface area contributed by atoms with E-state index in [1.807, 2.05) is 18.2 Å². The van der Waals surface area contributed by atoms with Gasteiger partial charge in [0.1, 0.15) is 12.0 Å². The second kappa shape index (κ2) is 6.88. The van der Waals surface area contributed by atoms with Crippen molar-refractivity contribution in [3.63, 3.8) is 0 Å². The molecule has 3 nitrogen and oxygen atoms in total. The molecule has 0 N–H and O–H groups in total. The summed E-state index contributed by atoms with van der Waals surface area (Å²) >= 11 is 0. The molecular weight excluding hydrogens is 202 g/mol. The third kappa shape index (κ3) is 3.57. The first-order valence-electron chi connectivity index (χ1n) is 5.73. The fourth-order valence-electron chi connectivity index (χ4n) is 1.58. The highest BCUT2D eigenvalue weighted by molar-refractivity contribution is 5.51. The summed E-state index contributed by atoms with van der Waals surface area (Å²) in [5.41, 5.74) is 1.16. The third-order valence-corrected chi connectivity index (χ3v) is 2.45. The van der Waals surface area contributed by atoms with E-state index in [0.29, 0.717) is 13.0 Å². The molecule has 0 fully saturated rings. The molecule has 0 amide bonds. The topological polar surface area (TPSA) is 29.5 Å². The Labute approximate surface area is 97.0 Å². The number of aldehydes is 1. The minimum Gasteiger partial charge on any atom is -0.493 e. The Morgan fingerprint density at radius 2 is 2.06 bits per heavy atom. The van der Waals surface area contributed by atoms with Crippen LogP contribution in [0.15, 0.2) is 24.3 Å². The van der Waals surface area contributed by atoms with Crippen molar-refractivity contribution in [3.8, 4) is 5.75 Å². The summed E-state index contributed by atoms with van der Waals surface area (Å²) in [6.07, 6.45) is 1.31. The SMILES string of the molecule is CCN(CC)c1cccc(OCCC=O)c1. The number of benzene rings is 1. The second-order valence-electron chi connectivity index (χ2n) is 3.47. The molecule has 0 saturated carbocycles. The normalized spacial score (nSPS) is 9.88. The van der Waals surface area contributed by atoms with E-state index in [1.54, 1.807) is 0 Å². The summed E-state index contributed by atoms with van der Waals surface area (Å²) in [6.45, 7) is 6.67. The molecule has 0 aliphatic heterocycles. The number of carbonyl (C=O) groups excluding carboxylic acids is 1. The van der Waals surface area contributed by atoms with Crippen molar-refractivity contribution in [2.75, 3.05) is 24.6 Å². The quantitative estimate of drug-likeness (QED) is 0.523. The smallest absolute Gasteiger partial charge is 0.123 e. The summed E-state index contributed by atoms with van der Waals surface area (Å²) in [5.74, 6) is 0.825. The maximum absolute atomic E-state index is 10.2. The lowest BCUT2D eigenvalue weighted by molar-refractivity contribution is -0.108. The molecule has 0 atom stereocenters. The molecule has 0 aliphatic rings. The van der Waals surface area contributed by atoms with Gasteiger partial charge in [0.15, 0.2) is 0 Å². The molecule has 0 radical (unpaired) electrons. The van der Waals surface area contributed by atoms with Crippen LogP contribution in [-0.2, 0) is 4.79 Å². The fourth-order valence-corrected chi connectivity index (χ4v) is 1.58. The number of anilines is 1. The Morgan fingerprint density at radius 1 is 1.31 bits per heavy atom. The lowest BCUT2D eigenvalue weighted by Crippen LogP contribution is -2.21. The van der Waals surface area contributed by atoms with Crippen LogP contribution >= 0.6 is 0 Å². The number of nitrogens with zero attached hydrogens (tertiary/aromatic N) is 1. The third-order valence-electron chi connectivity index (χ3n) is 2.45. The second-order valence-corrected chi connectivity index (χ2v) is 3.47. The van der Waals surface area contributed by atoms with E-state index >= 15 is 0 Å². The van der Waals surface area contributed by atoms with Crippen LogP contribution in [0.2, 0.25) is 0 Å². The number of hydrogen-bond acceptors (Lipinski definition) is 3. The van der Waals surface area contributed by atoms with Gasteiger partial charge in [0.25, 0.3) is 0 Å². The molecule has 0 spiro atoms. The van der Waals surface area contributed by atoms with Crippen LogP contribution in [0.4, 0.5) is 5.69 Å². The predicted molar refractivity (Wildman–Crippen MR) is 66.2 cm³/mol. The van der Waals surface area contributed by atoms with E-state index in [1.165, 1.54) is 0 Å². The van der Waals surface area contributed by atoms with Crippen LogP contribution < -0.4 is 9.64 Å². The maximum Gasteiger partial charge on any atom is 0.123 e.